The van der Waals surface area contributed by atoms with Gasteiger partial charge in [0.1, 0.15) is 5.75 Å². The summed E-state index contributed by atoms with van der Waals surface area (Å²) >= 11 is 0. The highest BCUT2D eigenvalue weighted by molar-refractivity contribution is 5.82. The normalized spacial score (nSPS) is 20.6. The molecule has 2 unspecified atom stereocenters. The standard InChI is InChI=1S/C30H39N3O3/c1-3-27(29(34)31-15-19-32-16-4-5-17-32)36-25-13-12-22-14-18-33(30(35)24-10-11-24)28(26(22)20-25)23-8-6-21(2)7-9-23/h6-9,12-13,20,24,27-28H,3-5,10-11,14-19H2,1-2H3,(H,31,34). The molecule has 0 spiro atoms. The summed E-state index contributed by atoms with van der Waals surface area (Å²) in [6.45, 7) is 8.59. The van der Waals surface area contributed by atoms with Crippen LogP contribution in [0.15, 0.2) is 42.5 Å². The third-order valence-corrected chi connectivity index (χ3v) is 7.82. The van der Waals surface area contributed by atoms with Gasteiger partial charge in [0.2, 0.25) is 5.91 Å². The van der Waals surface area contributed by atoms with E-state index in [2.05, 4.69) is 58.4 Å². The van der Waals surface area contributed by atoms with Crippen LogP contribution in [0.4, 0.5) is 0 Å². The second kappa shape index (κ2) is 11.0. The lowest BCUT2D eigenvalue weighted by molar-refractivity contribution is -0.134. The predicted octanol–water partition coefficient (Wildman–Crippen LogP) is 4.25. The third kappa shape index (κ3) is 5.59. The Morgan fingerprint density at radius 2 is 1.81 bits per heavy atom. The van der Waals surface area contributed by atoms with E-state index in [1.54, 1.807) is 0 Å². The molecule has 1 aliphatic carbocycles. The molecule has 0 radical (unpaired) electrons. The first-order valence-electron chi connectivity index (χ1n) is 13.7. The first-order valence-corrected chi connectivity index (χ1v) is 13.7. The number of aryl methyl sites for hydroxylation is 1. The van der Waals surface area contributed by atoms with Gasteiger partial charge in [-0.15, -0.1) is 0 Å². The number of nitrogens with one attached hydrogen (secondary N) is 1. The van der Waals surface area contributed by atoms with Crippen LogP contribution in [0.5, 0.6) is 5.75 Å². The summed E-state index contributed by atoms with van der Waals surface area (Å²) in [6.07, 6.45) is 5.40. The first-order chi connectivity index (χ1) is 17.5. The number of hydrogen-bond acceptors (Lipinski definition) is 4. The van der Waals surface area contributed by atoms with Gasteiger partial charge >= 0.3 is 0 Å². The zero-order valence-electron chi connectivity index (χ0n) is 21.7. The number of fused-ring (bicyclic) bond motifs is 1. The van der Waals surface area contributed by atoms with Crippen LogP contribution < -0.4 is 10.1 Å². The number of ether oxygens (including phenoxy) is 1. The number of carbonyl (C=O) groups is 2. The third-order valence-electron chi connectivity index (χ3n) is 7.82. The van der Waals surface area contributed by atoms with E-state index in [0.29, 0.717) is 18.7 Å². The largest absolute Gasteiger partial charge is 0.481 e. The molecule has 2 fully saturated rings. The fourth-order valence-electron chi connectivity index (χ4n) is 5.52. The molecule has 1 N–H and O–H groups in total. The molecule has 2 atom stereocenters. The molecule has 2 aromatic rings. The molecule has 192 valence electrons. The molecule has 1 saturated carbocycles. The van der Waals surface area contributed by atoms with Gasteiger partial charge in [0, 0.05) is 25.6 Å². The van der Waals surface area contributed by atoms with E-state index in [4.69, 9.17) is 4.74 Å². The average molecular weight is 490 g/mol. The number of benzene rings is 2. The van der Waals surface area contributed by atoms with Crippen molar-refractivity contribution in [3.05, 3.63) is 64.7 Å². The van der Waals surface area contributed by atoms with Crippen molar-refractivity contribution in [2.24, 2.45) is 5.92 Å². The maximum Gasteiger partial charge on any atom is 0.261 e. The van der Waals surface area contributed by atoms with Crippen LogP contribution in [0.25, 0.3) is 0 Å². The molecule has 2 aromatic carbocycles. The average Bonchev–Trinajstić information content (AvgIpc) is 3.62. The lowest BCUT2D eigenvalue weighted by Gasteiger charge is -2.38. The van der Waals surface area contributed by atoms with E-state index in [9.17, 15) is 9.59 Å². The van der Waals surface area contributed by atoms with E-state index < -0.39 is 6.10 Å². The first kappa shape index (κ1) is 24.8. The molecule has 0 bridgehead atoms. The minimum Gasteiger partial charge on any atom is -0.481 e. The number of carbonyl (C=O) groups excluding carboxylic acids is 2. The smallest absolute Gasteiger partial charge is 0.261 e. The van der Waals surface area contributed by atoms with Gasteiger partial charge < -0.3 is 19.9 Å². The number of hydrogen-bond donors (Lipinski definition) is 1. The number of nitrogens with zero attached hydrogens (tertiary/aromatic N) is 2. The summed E-state index contributed by atoms with van der Waals surface area (Å²) in [5, 5.41) is 3.07. The summed E-state index contributed by atoms with van der Waals surface area (Å²) < 4.78 is 6.24. The van der Waals surface area contributed by atoms with Crippen molar-refractivity contribution >= 4 is 11.8 Å². The highest BCUT2D eigenvalue weighted by Gasteiger charge is 2.39. The minimum atomic E-state index is -0.535. The summed E-state index contributed by atoms with van der Waals surface area (Å²) in [5.41, 5.74) is 4.68. The molecule has 5 rings (SSSR count). The van der Waals surface area contributed by atoms with Gasteiger partial charge in [-0.05, 0) is 87.4 Å². The molecule has 2 heterocycles. The monoisotopic (exact) mass is 489 g/mol. The van der Waals surface area contributed by atoms with Crippen molar-refractivity contribution < 1.29 is 14.3 Å². The number of amides is 2. The summed E-state index contributed by atoms with van der Waals surface area (Å²) in [7, 11) is 0. The number of likely N-dealkylation sites (tertiary alicyclic amines) is 1. The fourth-order valence-corrected chi connectivity index (χ4v) is 5.52. The highest BCUT2D eigenvalue weighted by Crippen LogP contribution is 2.41. The van der Waals surface area contributed by atoms with E-state index in [-0.39, 0.29) is 23.8 Å². The van der Waals surface area contributed by atoms with Crippen LogP contribution in [-0.2, 0) is 16.0 Å². The Balaban J connectivity index is 1.34. The zero-order valence-corrected chi connectivity index (χ0v) is 21.7. The van der Waals surface area contributed by atoms with E-state index in [1.165, 1.54) is 24.0 Å². The van der Waals surface area contributed by atoms with Crippen molar-refractivity contribution in [2.45, 2.75) is 64.5 Å². The van der Waals surface area contributed by atoms with E-state index >= 15 is 0 Å². The van der Waals surface area contributed by atoms with Gasteiger partial charge in [-0.2, -0.15) is 0 Å². The molecular weight excluding hydrogens is 450 g/mol. The molecule has 0 aromatic heterocycles. The van der Waals surface area contributed by atoms with Crippen LogP contribution in [0.3, 0.4) is 0 Å². The highest BCUT2D eigenvalue weighted by atomic mass is 16.5. The Bertz CT molecular complexity index is 1070. The molecule has 3 aliphatic rings. The Kier molecular flexibility index (Phi) is 7.61. The minimum absolute atomic E-state index is 0.0601. The topological polar surface area (TPSA) is 61.9 Å². The van der Waals surface area contributed by atoms with Crippen molar-refractivity contribution in [3.8, 4) is 5.75 Å². The van der Waals surface area contributed by atoms with Crippen molar-refractivity contribution in [1.29, 1.82) is 0 Å². The molecule has 6 heteroatoms. The lowest BCUT2D eigenvalue weighted by atomic mass is 9.87. The zero-order chi connectivity index (χ0) is 25.1. The SMILES string of the molecule is CCC(Oc1ccc2c(c1)C(c1ccc(C)cc1)N(C(=O)C1CC1)CC2)C(=O)NCCN1CCCC1. The summed E-state index contributed by atoms with van der Waals surface area (Å²) in [4.78, 5) is 30.6. The van der Waals surface area contributed by atoms with Gasteiger partial charge in [0.25, 0.3) is 5.91 Å². The molecular formula is C30H39N3O3. The van der Waals surface area contributed by atoms with Crippen molar-refractivity contribution in [2.75, 3.05) is 32.7 Å². The molecule has 2 amide bonds. The maximum atomic E-state index is 13.3. The van der Waals surface area contributed by atoms with Crippen LogP contribution >= 0.6 is 0 Å². The molecule has 36 heavy (non-hydrogen) atoms. The van der Waals surface area contributed by atoms with Gasteiger partial charge in [-0.25, -0.2) is 0 Å². The molecule has 1 saturated heterocycles. The van der Waals surface area contributed by atoms with E-state index in [1.807, 2.05) is 13.0 Å². The Morgan fingerprint density at radius 3 is 2.50 bits per heavy atom. The predicted molar refractivity (Wildman–Crippen MR) is 141 cm³/mol. The molecule has 6 nitrogen and oxygen atoms in total. The van der Waals surface area contributed by atoms with E-state index in [0.717, 1.165) is 56.6 Å². The summed E-state index contributed by atoms with van der Waals surface area (Å²) in [5.74, 6) is 1.07. The Hall–Kier alpha value is -2.86. The maximum absolute atomic E-state index is 13.3. The van der Waals surface area contributed by atoms with Crippen molar-refractivity contribution in [3.63, 3.8) is 0 Å². The quantitative estimate of drug-likeness (QED) is 0.572. The van der Waals surface area contributed by atoms with Gasteiger partial charge in [-0.3, -0.25) is 9.59 Å². The van der Waals surface area contributed by atoms with Gasteiger partial charge in [0.05, 0.1) is 6.04 Å². The van der Waals surface area contributed by atoms with Crippen LogP contribution in [0, 0.1) is 12.8 Å². The van der Waals surface area contributed by atoms with Gasteiger partial charge in [-0.1, -0.05) is 42.8 Å². The summed E-state index contributed by atoms with van der Waals surface area (Å²) in [6, 6.07) is 14.5. The fraction of sp³-hybridized carbons (Fsp3) is 0.533. The Morgan fingerprint density at radius 1 is 1.06 bits per heavy atom. The lowest BCUT2D eigenvalue weighted by Crippen LogP contribution is -2.42. The van der Waals surface area contributed by atoms with Crippen LogP contribution in [-0.4, -0.2) is 60.4 Å². The molecule has 2 aliphatic heterocycles. The second-order valence-electron chi connectivity index (χ2n) is 10.6. The van der Waals surface area contributed by atoms with Crippen LogP contribution in [0.2, 0.25) is 0 Å². The Labute approximate surface area is 215 Å². The number of rotatable bonds is 9. The van der Waals surface area contributed by atoms with Gasteiger partial charge in [0.15, 0.2) is 6.10 Å². The van der Waals surface area contributed by atoms with Crippen molar-refractivity contribution in [1.82, 2.24) is 15.1 Å². The second-order valence-corrected chi connectivity index (χ2v) is 10.6. The van der Waals surface area contributed by atoms with Crippen LogP contribution in [0.1, 0.15) is 67.3 Å².